The molecule has 8 heteroatoms. The number of carbonyl (C=O) groups excluding carboxylic acids is 1. The Balaban J connectivity index is 2.78. The van der Waals surface area contributed by atoms with Crippen LogP contribution in [0.4, 0.5) is 10.1 Å². The minimum Gasteiger partial charge on any atom is -0.387 e. The number of thioether (sulfide) groups is 1. The van der Waals surface area contributed by atoms with Crippen LogP contribution in [-0.2, 0) is 0 Å². The van der Waals surface area contributed by atoms with Gasteiger partial charge in [0.15, 0.2) is 0 Å². The van der Waals surface area contributed by atoms with Crippen molar-refractivity contribution in [2.45, 2.75) is 12.5 Å². The molecular formula is C12H15FN2O4S. The maximum absolute atomic E-state index is 13.1. The number of nitro groups is 1. The van der Waals surface area contributed by atoms with E-state index in [2.05, 4.69) is 5.32 Å². The van der Waals surface area contributed by atoms with E-state index in [0.29, 0.717) is 5.75 Å². The standard InChI is InChI=1S/C12H15FN2O4S/c1-12(17,7-20-2)6-14-11(16)8-3-4-9(13)10(5-8)15(18)19/h3-5,17H,6-7H2,1-2H3,(H,14,16). The normalized spacial score (nSPS) is 13.6. The van der Waals surface area contributed by atoms with Gasteiger partial charge in [-0.15, -0.1) is 0 Å². The van der Waals surface area contributed by atoms with Crippen molar-refractivity contribution in [1.82, 2.24) is 5.32 Å². The number of nitrogens with zero attached hydrogens (tertiary/aromatic N) is 1. The third-order valence-electron chi connectivity index (χ3n) is 2.49. The van der Waals surface area contributed by atoms with Crippen LogP contribution in [0.15, 0.2) is 18.2 Å². The van der Waals surface area contributed by atoms with E-state index in [-0.39, 0.29) is 12.1 Å². The molecule has 20 heavy (non-hydrogen) atoms. The second-order valence-electron chi connectivity index (χ2n) is 4.54. The molecule has 0 fully saturated rings. The molecule has 0 aliphatic heterocycles. The number of amides is 1. The molecule has 1 aromatic rings. The minimum atomic E-state index is -1.08. The van der Waals surface area contributed by atoms with Crippen molar-refractivity contribution >= 4 is 23.4 Å². The van der Waals surface area contributed by atoms with E-state index < -0.39 is 27.9 Å². The van der Waals surface area contributed by atoms with Crippen LogP contribution in [0, 0.1) is 15.9 Å². The zero-order chi connectivity index (χ0) is 15.3. The Hall–Kier alpha value is -1.67. The van der Waals surface area contributed by atoms with E-state index in [9.17, 15) is 24.4 Å². The Morgan fingerprint density at radius 3 is 2.80 bits per heavy atom. The Labute approximate surface area is 119 Å². The van der Waals surface area contributed by atoms with Crippen LogP contribution in [0.3, 0.4) is 0 Å². The van der Waals surface area contributed by atoms with Gasteiger partial charge in [-0.3, -0.25) is 14.9 Å². The summed E-state index contributed by atoms with van der Waals surface area (Å²) >= 11 is 1.42. The molecule has 1 aromatic carbocycles. The highest BCUT2D eigenvalue weighted by Gasteiger charge is 2.22. The van der Waals surface area contributed by atoms with Gasteiger partial charge >= 0.3 is 5.69 Å². The number of aliphatic hydroxyl groups is 1. The molecule has 0 aromatic heterocycles. The van der Waals surface area contributed by atoms with Crippen molar-refractivity contribution in [2.24, 2.45) is 0 Å². The molecule has 1 atom stereocenters. The highest BCUT2D eigenvalue weighted by Crippen LogP contribution is 2.18. The maximum atomic E-state index is 13.1. The van der Waals surface area contributed by atoms with Crippen LogP contribution in [-0.4, -0.2) is 40.1 Å². The van der Waals surface area contributed by atoms with Gasteiger partial charge in [-0.2, -0.15) is 16.2 Å². The van der Waals surface area contributed by atoms with Gasteiger partial charge in [0.2, 0.25) is 5.82 Å². The number of hydrogen-bond donors (Lipinski definition) is 2. The summed E-state index contributed by atoms with van der Waals surface area (Å²) in [6, 6.07) is 2.89. The van der Waals surface area contributed by atoms with Gasteiger partial charge in [-0.1, -0.05) is 0 Å². The zero-order valence-corrected chi connectivity index (χ0v) is 11.9. The summed E-state index contributed by atoms with van der Waals surface area (Å²) < 4.78 is 13.1. The highest BCUT2D eigenvalue weighted by molar-refractivity contribution is 7.98. The summed E-state index contributed by atoms with van der Waals surface area (Å²) in [5, 5.41) is 22.9. The molecule has 0 saturated carbocycles. The lowest BCUT2D eigenvalue weighted by Crippen LogP contribution is -2.42. The van der Waals surface area contributed by atoms with E-state index >= 15 is 0 Å². The number of benzene rings is 1. The van der Waals surface area contributed by atoms with Gasteiger partial charge < -0.3 is 10.4 Å². The third kappa shape index (κ3) is 4.46. The minimum absolute atomic E-state index is 0.00214. The predicted octanol–water partition coefficient (Wildman–Crippen LogP) is 1.58. The number of nitro benzene ring substituents is 1. The van der Waals surface area contributed by atoms with Crippen LogP contribution < -0.4 is 5.32 Å². The summed E-state index contributed by atoms with van der Waals surface area (Å²) in [7, 11) is 0. The van der Waals surface area contributed by atoms with Gasteiger partial charge in [-0.25, -0.2) is 0 Å². The lowest BCUT2D eigenvalue weighted by atomic mass is 10.1. The summed E-state index contributed by atoms with van der Waals surface area (Å²) in [4.78, 5) is 21.5. The van der Waals surface area contributed by atoms with E-state index in [1.54, 1.807) is 6.92 Å². The van der Waals surface area contributed by atoms with Gasteiger partial charge in [0.1, 0.15) is 0 Å². The largest absolute Gasteiger partial charge is 0.387 e. The topological polar surface area (TPSA) is 92.5 Å². The van der Waals surface area contributed by atoms with Gasteiger partial charge in [-0.05, 0) is 25.3 Å². The Morgan fingerprint density at radius 2 is 2.25 bits per heavy atom. The van der Waals surface area contributed by atoms with Crippen LogP contribution in [0.5, 0.6) is 0 Å². The fourth-order valence-electron chi connectivity index (χ4n) is 1.53. The van der Waals surface area contributed by atoms with Crippen molar-refractivity contribution in [2.75, 3.05) is 18.6 Å². The number of nitrogens with one attached hydrogen (secondary N) is 1. The molecule has 1 amide bonds. The molecular weight excluding hydrogens is 287 g/mol. The fourth-order valence-corrected chi connectivity index (χ4v) is 2.25. The van der Waals surface area contributed by atoms with E-state index in [4.69, 9.17) is 0 Å². The molecule has 6 nitrogen and oxygen atoms in total. The molecule has 0 saturated heterocycles. The quantitative estimate of drug-likeness (QED) is 0.615. The first kappa shape index (κ1) is 16.4. The van der Waals surface area contributed by atoms with Gasteiger partial charge in [0.05, 0.1) is 10.5 Å². The van der Waals surface area contributed by atoms with Crippen LogP contribution in [0.25, 0.3) is 0 Å². The number of halogens is 1. The van der Waals surface area contributed by atoms with Crippen molar-refractivity contribution in [3.8, 4) is 0 Å². The monoisotopic (exact) mass is 302 g/mol. The summed E-state index contributed by atoms with van der Waals surface area (Å²) in [5.74, 6) is -1.17. The van der Waals surface area contributed by atoms with Gasteiger partial charge in [0.25, 0.3) is 5.91 Å². The fraction of sp³-hybridized carbons (Fsp3) is 0.417. The second kappa shape index (κ2) is 6.67. The molecule has 0 aliphatic carbocycles. The lowest BCUT2D eigenvalue weighted by Gasteiger charge is -2.22. The first-order chi connectivity index (χ1) is 9.26. The lowest BCUT2D eigenvalue weighted by molar-refractivity contribution is -0.387. The first-order valence-corrected chi connectivity index (χ1v) is 7.09. The van der Waals surface area contributed by atoms with Crippen LogP contribution in [0.1, 0.15) is 17.3 Å². The molecule has 0 spiro atoms. The maximum Gasteiger partial charge on any atom is 0.305 e. The Morgan fingerprint density at radius 1 is 1.60 bits per heavy atom. The molecule has 1 rings (SSSR count). The Kier molecular flexibility index (Phi) is 5.46. The third-order valence-corrected chi connectivity index (χ3v) is 3.40. The number of carbonyl (C=O) groups is 1. The van der Waals surface area contributed by atoms with E-state index in [0.717, 1.165) is 18.2 Å². The number of rotatable bonds is 6. The van der Waals surface area contributed by atoms with E-state index in [1.807, 2.05) is 6.26 Å². The van der Waals surface area contributed by atoms with Crippen molar-refractivity contribution in [3.63, 3.8) is 0 Å². The average Bonchev–Trinajstić information content (AvgIpc) is 2.36. The molecule has 110 valence electrons. The predicted molar refractivity (Wildman–Crippen MR) is 74.4 cm³/mol. The summed E-state index contributed by atoms with van der Waals surface area (Å²) in [6.45, 7) is 1.56. The molecule has 0 bridgehead atoms. The SMILES string of the molecule is CSCC(C)(O)CNC(=O)c1ccc(F)c([N+](=O)[O-])c1. The summed E-state index contributed by atoms with van der Waals surface area (Å²) in [5.41, 5.74) is -1.87. The highest BCUT2D eigenvalue weighted by atomic mass is 32.2. The Bertz CT molecular complexity index is 522. The van der Waals surface area contributed by atoms with Crippen molar-refractivity contribution < 1.29 is 19.2 Å². The molecule has 2 N–H and O–H groups in total. The van der Waals surface area contributed by atoms with Crippen molar-refractivity contribution in [1.29, 1.82) is 0 Å². The molecule has 0 heterocycles. The van der Waals surface area contributed by atoms with Crippen LogP contribution in [0.2, 0.25) is 0 Å². The molecule has 0 radical (unpaired) electrons. The second-order valence-corrected chi connectivity index (χ2v) is 5.40. The molecule has 1 unspecified atom stereocenters. The molecule has 0 aliphatic rings. The summed E-state index contributed by atoms with van der Waals surface area (Å²) in [6.07, 6.45) is 1.82. The zero-order valence-electron chi connectivity index (χ0n) is 11.1. The van der Waals surface area contributed by atoms with Gasteiger partial charge in [0, 0.05) is 23.9 Å². The van der Waals surface area contributed by atoms with E-state index in [1.165, 1.54) is 11.8 Å². The first-order valence-electron chi connectivity index (χ1n) is 5.70. The van der Waals surface area contributed by atoms with Crippen molar-refractivity contribution in [3.05, 3.63) is 39.7 Å². The number of hydrogen-bond acceptors (Lipinski definition) is 5. The smallest absolute Gasteiger partial charge is 0.305 e. The van der Waals surface area contributed by atoms with Crippen LogP contribution >= 0.6 is 11.8 Å². The average molecular weight is 302 g/mol.